The Morgan fingerprint density at radius 3 is 2.54 bits per heavy atom. The van der Waals surface area contributed by atoms with Crippen molar-refractivity contribution >= 4 is 11.8 Å². The Labute approximate surface area is 157 Å². The number of likely N-dealkylation sites (tertiary alicyclic amines) is 1. The fourth-order valence-electron chi connectivity index (χ4n) is 3.53. The summed E-state index contributed by atoms with van der Waals surface area (Å²) in [5, 5.41) is 2.91. The van der Waals surface area contributed by atoms with Gasteiger partial charge in [0.05, 0.1) is 6.42 Å². The van der Waals surface area contributed by atoms with Crippen LogP contribution in [0.3, 0.4) is 0 Å². The van der Waals surface area contributed by atoms with Crippen LogP contribution in [0, 0.1) is 5.92 Å². The molecule has 144 valence electrons. The number of hydrogen-bond donors (Lipinski definition) is 2. The SMILES string of the molecule is CC(C)Cc1ccc(CC(=O)N2CCCCC2CNC(=O)CCN)cc1. The zero-order chi connectivity index (χ0) is 18.9. The first-order valence-electron chi connectivity index (χ1n) is 9.83. The number of nitrogens with zero attached hydrogens (tertiary/aromatic N) is 1. The van der Waals surface area contributed by atoms with Gasteiger partial charge in [-0.1, -0.05) is 38.1 Å². The zero-order valence-corrected chi connectivity index (χ0v) is 16.2. The fourth-order valence-corrected chi connectivity index (χ4v) is 3.53. The van der Waals surface area contributed by atoms with E-state index in [2.05, 4.69) is 43.4 Å². The van der Waals surface area contributed by atoms with Crippen LogP contribution in [0.25, 0.3) is 0 Å². The van der Waals surface area contributed by atoms with Crippen LogP contribution in [0.1, 0.15) is 50.7 Å². The van der Waals surface area contributed by atoms with Crippen LogP contribution < -0.4 is 11.1 Å². The Morgan fingerprint density at radius 1 is 1.19 bits per heavy atom. The summed E-state index contributed by atoms with van der Waals surface area (Å²) in [6.07, 6.45) is 4.91. The molecule has 0 bridgehead atoms. The smallest absolute Gasteiger partial charge is 0.227 e. The van der Waals surface area contributed by atoms with Gasteiger partial charge in [0.15, 0.2) is 0 Å². The number of benzene rings is 1. The fraction of sp³-hybridized carbons (Fsp3) is 0.619. The minimum absolute atomic E-state index is 0.0359. The molecule has 2 rings (SSSR count). The van der Waals surface area contributed by atoms with Gasteiger partial charge in [0.25, 0.3) is 0 Å². The Kier molecular flexibility index (Phi) is 8.10. The summed E-state index contributed by atoms with van der Waals surface area (Å²) in [6.45, 7) is 6.08. The van der Waals surface area contributed by atoms with E-state index >= 15 is 0 Å². The van der Waals surface area contributed by atoms with Crippen molar-refractivity contribution in [2.24, 2.45) is 11.7 Å². The molecule has 1 atom stereocenters. The molecule has 1 aliphatic heterocycles. The van der Waals surface area contributed by atoms with Crippen LogP contribution in [-0.2, 0) is 22.4 Å². The van der Waals surface area contributed by atoms with Crippen molar-refractivity contribution in [3.8, 4) is 0 Å². The second kappa shape index (κ2) is 10.3. The van der Waals surface area contributed by atoms with E-state index in [0.717, 1.165) is 37.8 Å². The Bertz CT molecular complexity index is 583. The molecule has 0 aromatic heterocycles. The average molecular weight is 360 g/mol. The van der Waals surface area contributed by atoms with Gasteiger partial charge in [0, 0.05) is 32.1 Å². The molecule has 0 saturated carbocycles. The Hall–Kier alpha value is -1.88. The van der Waals surface area contributed by atoms with Gasteiger partial charge in [-0.3, -0.25) is 9.59 Å². The van der Waals surface area contributed by atoms with E-state index in [9.17, 15) is 9.59 Å². The van der Waals surface area contributed by atoms with Gasteiger partial charge in [-0.25, -0.2) is 0 Å². The first kappa shape index (κ1) is 20.4. The second-order valence-electron chi connectivity index (χ2n) is 7.67. The minimum atomic E-state index is -0.0359. The van der Waals surface area contributed by atoms with Gasteiger partial charge >= 0.3 is 0 Å². The number of hydrogen-bond acceptors (Lipinski definition) is 3. The van der Waals surface area contributed by atoms with Crippen molar-refractivity contribution in [1.82, 2.24) is 10.2 Å². The molecule has 1 saturated heterocycles. The number of carbonyl (C=O) groups excluding carboxylic acids is 2. The number of amides is 2. The van der Waals surface area contributed by atoms with E-state index in [1.165, 1.54) is 5.56 Å². The van der Waals surface area contributed by atoms with Crippen LogP contribution in [0.15, 0.2) is 24.3 Å². The lowest BCUT2D eigenvalue weighted by molar-refractivity contribution is -0.134. The van der Waals surface area contributed by atoms with Crippen LogP contribution >= 0.6 is 0 Å². The summed E-state index contributed by atoms with van der Waals surface area (Å²) >= 11 is 0. The van der Waals surface area contributed by atoms with E-state index in [0.29, 0.717) is 31.8 Å². The molecular weight excluding hydrogens is 326 g/mol. The van der Waals surface area contributed by atoms with Crippen molar-refractivity contribution in [3.63, 3.8) is 0 Å². The molecule has 1 heterocycles. The largest absolute Gasteiger partial charge is 0.354 e. The van der Waals surface area contributed by atoms with Crippen molar-refractivity contribution in [1.29, 1.82) is 0 Å². The molecule has 26 heavy (non-hydrogen) atoms. The standard InChI is InChI=1S/C21H33N3O2/c1-16(2)13-17-6-8-18(9-7-17)14-21(26)24-12-4-3-5-19(24)15-23-20(25)10-11-22/h6-9,16,19H,3-5,10-15,22H2,1-2H3,(H,23,25). The number of rotatable bonds is 8. The van der Waals surface area contributed by atoms with E-state index < -0.39 is 0 Å². The number of carbonyl (C=O) groups is 2. The molecule has 0 aliphatic carbocycles. The normalized spacial score (nSPS) is 17.4. The lowest BCUT2D eigenvalue weighted by atomic mass is 9.99. The number of nitrogens with one attached hydrogen (secondary N) is 1. The van der Waals surface area contributed by atoms with Crippen molar-refractivity contribution < 1.29 is 9.59 Å². The van der Waals surface area contributed by atoms with Gasteiger partial charge in [0.1, 0.15) is 0 Å². The molecule has 1 fully saturated rings. The predicted octanol–water partition coefficient (Wildman–Crippen LogP) is 2.27. The first-order valence-corrected chi connectivity index (χ1v) is 9.83. The van der Waals surface area contributed by atoms with Crippen LogP contribution in [0.5, 0.6) is 0 Å². The summed E-state index contributed by atoms with van der Waals surface area (Å²) in [5.41, 5.74) is 7.78. The highest BCUT2D eigenvalue weighted by Crippen LogP contribution is 2.18. The highest BCUT2D eigenvalue weighted by Gasteiger charge is 2.26. The van der Waals surface area contributed by atoms with Crippen LogP contribution in [0.2, 0.25) is 0 Å². The van der Waals surface area contributed by atoms with Gasteiger partial charge in [-0.15, -0.1) is 0 Å². The first-order chi connectivity index (χ1) is 12.5. The minimum Gasteiger partial charge on any atom is -0.354 e. The third-order valence-corrected chi connectivity index (χ3v) is 4.88. The van der Waals surface area contributed by atoms with Gasteiger partial charge in [-0.05, 0) is 42.7 Å². The maximum atomic E-state index is 12.8. The van der Waals surface area contributed by atoms with E-state index in [1.807, 2.05) is 4.90 Å². The summed E-state index contributed by atoms with van der Waals surface area (Å²) in [7, 11) is 0. The van der Waals surface area contributed by atoms with Crippen molar-refractivity contribution in [2.75, 3.05) is 19.6 Å². The highest BCUT2D eigenvalue weighted by atomic mass is 16.2. The molecule has 3 N–H and O–H groups in total. The zero-order valence-electron chi connectivity index (χ0n) is 16.2. The molecule has 5 heteroatoms. The monoisotopic (exact) mass is 359 g/mol. The summed E-state index contributed by atoms with van der Waals surface area (Å²) in [6, 6.07) is 8.49. The number of nitrogens with two attached hydrogens (primary N) is 1. The molecule has 1 aliphatic rings. The van der Waals surface area contributed by atoms with E-state index in [4.69, 9.17) is 5.73 Å². The third kappa shape index (κ3) is 6.45. The van der Waals surface area contributed by atoms with Gasteiger partial charge in [-0.2, -0.15) is 0 Å². The predicted molar refractivity (Wildman–Crippen MR) is 105 cm³/mol. The number of piperidine rings is 1. The van der Waals surface area contributed by atoms with Gasteiger partial charge in [0.2, 0.25) is 11.8 Å². The molecule has 1 unspecified atom stereocenters. The summed E-state index contributed by atoms with van der Waals surface area (Å²) in [4.78, 5) is 26.4. The molecule has 1 aromatic carbocycles. The molecule has 1 aromatic rings. The van der Waals surface area contributed by atoms with Crippen LogP contribution in [0.4, 0.5) is 0 Å². The molecule has 5 nitrogen and oxygen atoms in total. The molecule has 0 radical (unpaired) electrons. The van der Waals surface area contributed by atoms with E-state index in [-0.39, 0.29) is 17.9 Å². The lowest BCUT2D eigenvalue weighted by Crippen LogP contribution is -2.50. The quantitative estimate of drug-likeness (QED) is 0.748. The maximum Gasteiger partial charge on any atom is 0.227 e. The molecule has 2 amide bonds. The summed E-state index contributed by atoms with van der Waals surface area (Å²) in [5.74, 6) is 0.747. The van der Waals surface area contributed by atoms with E-state index in [1.54, 1.807) is 0 Å². The Balaban J connectivity index is 1.91. The topological polar surface area (TPSA) is 75.4 Å². The van der Waals surface area contributed by atoms with Crippen molar-refractivity contribution in [2.45, 2.75) is 58.4 Å². The third-order valence-electron chi connectivity index (χ3n) is 4.88. The summed E-state index contributed by atoms with van der Waals surface area (Å²) < 4.78 is 0. The second-order valence-corrected chi connectivity index (χ2v) is 7.67. The van der Waals surface area contributed by atoms with Crippen molar-refractivity contribution in [3.05, 3.63) is 35.4 Å². The molecule has 0 spiro atoms. The van der Waals surface area contributed by atoms with Gasteiger partial charge < -0.3 is 16.0 Å². The maximum absolute atomic E-state index is 12.8. The highest BCUT2D eigenvalue weighted by molar-refractivity contribution is 5.79. The average Bonchev–Trinajstić information content (AvgIpc) is 2.61. The lowest BCUT2D eigenvalue weighted by Gasteiger charge is -2.36. The van der Waals surface area contributed by atoms with Crippen LogP contribution in [-0.4, -0.2) is 42.4 Å². The molecular formula is C21H33N3O2. The Morgan fingerprint density at radius 2 is 1.88 bits per heavy atom.